The first-order valence-electron chi connectivity index (χ1n) is 12.7. The fourth-order valence-corrected chi connectivity index (χ4v) is 5.34. The molecule has 0 heterocycles. The number of benzene rings is 3. The minimum Gasteiger partial charge on any atom is -0.352 e. The molecule has 1 N–H and O–H groups in total. The quantitative estimate of drug-likeness (QED) is 0.339. The van der Waals surface area contributed by atoms with E-state index in [4.69, 9.17) is 0 Å². The lowest BCUT2D eigenvalue weighted by Gasteiger charge is -2.32. The number of sulfonamides is 1. The van der Waals surface area contributed by atoms with Gasteiger partial charge in [0.05, 0.1) is 16.1 Å². The van der Waals surface area contributed by atoms with E-state index in [-0.39, 0.29) is 23.2 Å². The SMILES string of the molecule is CC[C@H](C)NC(=O)[C@@H](C)N(Cc1ccccc1)C(=O)CN(c1cccc(C(F)(F)F)c1)S(=O)(=O)c1ccccc1. The van der Waals surface area contributed by atoms with Crippen LogP contribution in [0.15, 0.2) is 89.8 Å². The number of anilines is 1. The van der Waals surface area contributed by atoms with E-state index in [1.165, 1.54) is 42.2 Å². The summed E-state index contributed by atoms with van der Waals surface area (Å²) in [6.45, 7) is 4.39. The molecule has 0 unspecified atom stereocenters. The molecule has 3 rings (SSSR count). The van der Waals surface area contributed by atoms with Crippen molar-refractivity contribution in [2.24, 2.45) is 0 Å². The first kappa shape index (κ1) is 30.7. The molecule has 214 valence electrons. The van der Waals surface area contributed by atoms with Crippen molar-refractivity contribution in [3.05, 3.63) is 96.1 Å². The molecule has 40 heavy (non-hydrogen) atoms. The summed E-state index contributed by atoms with van der Waals surface area (Å²) in [5.74, 6) is -1.19. The standard InChI is InChI=1S/C29H32F3N3O4S/c1-4-21(2)33-28(37)22(3)34(19-23-12-7-5-8-13-23)27(36)20-35(40(38,39)26-16-9-6-10-17-26)25-15-11-14-24(18-25)29(30,31)32/h5-18,21-22H,4,19-20H2,1-3H3,(H,33,37)/t21-,22+/m0/s1. The zero-order chi connectivity index (χ0) is 29.5. The Morgan fingerprint density at radius 1 is 0.900 bits per heavy atom. The Bertz CT molecular complexity index is 1400. The first-order chi connectivity index (χ1) is 18.8. The van der Waals surface area contributed by atoms with Gasteiger partial charge in [-0.2, -0.15) is 13.2 Å². The van der Waals surface area contributed by atoms with Crippen LogP contribution in [0, 0.1) is 0 Å². The van der Waals surface area contributed by atoms with Gasteiger partial charge in [-0.25, -0.2) is 8.42 Å². The van der Waals surface area contributed by atoms with E-state index < -0.39 is 46.2 Å². The summed E-state index contributed by atoms with van der Waals surface area (Å²) in [4.78, 5) is 27.9. The van der Waals surface area contributed by atoms with E-state index in [1.807, 2.05) is 13.8 Å². The number of carbonyl (C=O) groups excluding carboxylic acids is 2. The average molecular weight is 576 g/mol. The summed E-state index contributed by atoms with van der Waals surface area (Å²) in [7, 11) is -4.47. The van der Waals surface area contributed by atoms with E-state index >= 15 is 0 Å². The Morgan fingerprint density at radius 2 is 1.50 bits per heavy atom. The number of nitrogens with zero attached hydrogens (tertiary/aromatic N) is 2. The van der Waals surface area contributed by atoms with Gasteiger partial charge in [-0.15, -0.1) is 0 Å². The van der Waals surface area contributed by atoms with Crippen LogP contribution in [0.1, 0.15) is 38.3 Å². The Hall–Kier alpha value is -3.86. The lowest BCUT2D eigenvalue weighted by Crippen LogP contribution is -2.52. The van der Waals surface area contributed by atoms with E-state index in [1.54, 1.807) is 36.4 Å². The third-order valence-electron chi connectivity index (χ3n) is 6.44. The van der Waals surface area contributed by atoms with Gasteiger partial charge in [-0.3, -0.25) is 13.9 Å². The van der Waals surface area contributed by atoms with Crippen LogP contribution in [0.25, 0.3) is 0 Å². The molecule has 0 aliphatic heterocycles. The zero-order valence-corrected chi connectivity index (χ0v) is 23.2. The topological polar surface area (TPSA) is 86.8 Å². The molecule has 0 aliphatic rings. The molecule has 7 nitrogen and oxygen atoms in total. The van der Waals surface area contributed by atoms with E-state index in [2.05, 4.69) is 5.32 Å². The van der Waals surface area contributed by atoms with Crippen LogP contribution in [0.3, 0.4) is 0 Å². The van der Waals surface area contributed by atoms with Gasteiger partial charge in [0.25, 0.3) is 10.0 Å². The van der Waals surface area contributed by atoms with E-state index in [0.717, 1.165) is 12.1 Å². The molecule has 3 aromatic rings. The molecule has 0 bridgehead atoms. The second-order valence-corrected chi connectivity index (χ2v) is 11.2. The number of hydrogen-bond donors (Lipinski definition) is 1. The lowest BCUT2D eigenvalue weighted by molar-refractivity contribution is -0.139. The van der Waals surface area contributed by atoms with Crippen LogP contribution >= 0.6 is 0 Å². The van der Waals surface area contributed by atoms with Crippen molar-refractivity contribution in [2.75, 3.05) is 10.8 Å². The fourth-order valence-electron chi connectivity index (χ4n) is 3.91. The van der Waals surface area contributed by atoms with E-state index in [9.17, 15) is 31.2 Å². The number of nitrogens with one attached hydrogen (secondary N) is 1. The van der Waals surface area contributed by atoms with Crippen molar-refractivity contribution in [1.29, 1.82) is 0 Å². The molecule has 3 aromatic carbocycles. The van der Waals surface area contributed by atoms with E-state index in [0.29, 0.717) is 22.4 Å². The van der Waals surface area contributed by atoms with Gasteiger partial charge in [-0.05, 0) is 56.2 Å². The van der Waals surface area contributed by atoms with Crippen molar-refractivity contribution in [3.8, 4) is 0 Å². The van der Waals surface area contributed by atoms with Crippen LogP contribution in [0.5, 0.6) is 0 Å². The second kappa shape index (κ2) is 13.0. The molecule has 2 atom stereocenters. The van der Waals surface area contributed by atoms with Crippen molar-refractivity contribution in [2.45, 2.75) is 56.9 Å². The molecule has 11 heteroatoms. The van der Waals surface area contributed by atoms with Crippen molar-refractivity contribution in [1.82, 2.24) is 10.2 Å². The Labute approximate surface area is 232 Å². The number of rotatable bonds is 11. The highest BCUT2D eigenvalue weighted by molar-refractivity contribution is 7.92. The predicted octanol–water partition coefficient (Wildman–Crippen LogP) is 5.23. The van der Waals surface area contributed by atoms with Crippen LogP contribution in [0.4, 0.5) is 18.9 Å². The first-order valence-corrected chi connectivity index (χ1v) is 14.2. The van der Waals surface area contributed by atoms with Crippen molar-refractivity contribution >= 4 is 27.5 Å². The summed E-state index contributed by atoms with van der Waals surface area (Å²) in [5, 5.41) is 2.83. The monoisotopic (exact) mass is 575 g/mol. The van der Waals surface area contributed by atoms with Gasteiger partial charge in [-0.1, -0.05) is 61.5 Å². The van der Waals surface area contributed by atoms with Gasteiger partial charge in [0, 0.05) is 12.6 Å². The Morgan fingerprint density at radius 3 is 2.08 bits per heavy atom. The zero-order valence-electron chi connectivity index (χ0n) is 22.4. The molecule has 2 amide bonds. The molecule has 0 aromatic heterocycles. The fraction of sp³-hybridized carbons (Fsp3) is 0.310. The van der Waals surface area contributed by atoms with Crippen LogP contribution in [-0.4, -0.2) is 43.8 Å². The van der Waals surface area contributed by atoms with Crippen molar-refractivity contribution in [3.63, 3.8) is 0 Å². The molecular weight excluding hydrogens is 543 g/mol. The summed E-state index contributed by atoms with van der Waals surface area (Å²) >= 11 is 0. The van der Waals surface area contributed by atoms with Crippen LogP contribution in [-0.2, 0) is 32.3 Å². The van der Waals surface area contributed by atoms with Crippen LogP contribution in [0.2, 0.25) is 0 Å². The number of hydrogen-bond acceptors (Lipinski definition) is 4. The minimum absolute atomic E-state index is 0.0173. The summed E-state index contributed by atoms with van der Waals surface area (Å²) in [5.41, 5.74) is -0.702. The van der Waals surface area contributed by atoms with Crippen molar-refractivity contribution < 1.29 is 31.2 Å². The Kier molecular flexibility index (Phi) is 9.97. The summed E-state index contributed by atoms with van der Waals surface area (Å²) in [6, 6.07) is 18.6. The maximum atomic E-state index is 13.8. The highest BCUT2D eigenvalue weighted by Crippen LogP contribution is 2.33. The molecule has 0 saturated heterocycles. The molecule has 0 aliphatic carbocycles. The number of alkyl halides is 3. The third kappa shape index (κ3) is 7.62. The summed E-state index contributed by atoms with van der Waals surface area (Å²) in [6.07, 6.45) is -4.08. The molecule has 0 saturated carbocycles. The second-order valence-electron chi connectivity index (χ2n) is 9.37. The molecular formula is C29H32F3N3O4S. The highest BCUT2D eigenvalue weighted by atomic mass is 32.2. The smallest absolute Gasteiger partial charge is 0.352 e. The maximum absolute atomic E-state index is 13.8. The molecule has 0 spiro atoms. The maximum Gasteiger partial charge on any atom is 0.416 e. The third-order valence-corrected chi connectivity index (χ3v) is 8.22. The van der Waals surface area contributed by atoms with Gasteiger partial charge in [0.2, 0.25) is 11.8 Å². The number of carbonyl (C=O) groups is 2. The van der Waals surface area contributed by atoms with Gasteiger partial charge in [0.1, 0.15) is 12.6 Å². The average Bonchev–Trinajstić information content (AvgIpc) is 2.94. The van der Waals surface area contributed by atoms with Gasteiger partial charge in [0.15, 0.2) is 0 Å². The summed E-state index contributed by atoms with van der Waals surface area (Å²) < 4.78 is 68.6. The van der Waals surface area contributed by atoms with Gasteiger partial charge < -0.3 is 10.2 Å². The number of amides is 2. The van der Waals surface area contributed by atoms with Crippen LogP contribution < -0.4 is 9.62 Å². The molecule has 0 fully saturated rings. The lowest BCUT2D eigenvalue weighted by atomic mass is 10.1. The minimum atomic E-state index is -4.73. The largest absolute Gasteiger partial charge is 0.416 e. The normalized spacial score (nSPS) is 13.2. The highest BCUT2D eigenvalue weighted by Gasteiger charge is 2.35. The number of halogens is 3. The molecule has 0 radical (unpaired) electrons. The Balaban J connectivity index is 2.06. The van der Waals surface area contributed by atoms with Gasteiger partial charge >= 0.3 is 6.18 Å². The predicted molar refractivity (Wildman–Crippen MR) is 147 cm³/mol.